The van der Waals surface area contributed by atoms with Gasteiger partial charge in [0, 0.05) is 38.1 Å². The summed E-state index contributed by atoms with van der Waals surface area (Å²) in [5.41, 5.74) is 0. The van der Waals surface area contributed by atoms with E-state index in [1.54, 1.807) is 0 Å². The first kappa shape index (κ1) is 12.9. The van der Waals surface area contributed by atoms with Gasteiger partial charge in [-0.1, -0.05) is 0 Å². The molecule has 0 aromatic heterocycles. The van der Waals surface area contributed by atoms with Gasteiger partial charge in [0.05, 0.1) is 6.67 Å². The van der Waals surface area contributed by atoms with Crippen molar-refractivity contribution < 1.29 is 14.6 Å². The van der Waals surface area contributed by atoms with Crippen molar-refractivity contribution >= 4 is 0 Å². The Morgan fingerprint density at radius 3 is 2.07 bits per heavy atom. The first-order valence-corrected chi connectivity index (χ1v) is 5.81. The van der Waals surface area contributed by atoms with Crippen LogP contribution in [0.2, 0.25) is 0 Å². The Labute approximate surface area is 90.9 Å². The second-order valence-electron chi connectivity index (χ2n) is 4.39. The number of likely N-dealkylation sites (tertiary alicyclic amines) is 1. The van der Waals surface area contributed by atoms with E-state index in [-0.39, 0.29) is 31.7 Å². The van der Waals surface area contributed by atoms with E-state index in [2.05, 4.69) is 4.90 Å². The number of aliphatic hydroxyl groups is 2. The van der Waals surface area contributed by atoms with Gasteiger partial charge in [-0.25, -0.2) is 0 Å². The lowest BCUT2D eigenvalue weighted by molar-refractivity contribution is 0.152. The van der Waals surface area contributed by atoms with Crippen molar-refractivity contribution in [2.45, 2.75) is 19.3 Å². The summed E-state index contributed by atoms with van der Waals surface area (Å²) in [4.78, 5) is 2.26. The molecule has 0 amide bonds. The van der Waals surface area contributed by atoms with Gasteiger partial charge in [0.15, 0.2) is 0 Å². The molecule has 4 heteroatoms. The minimum Gasteiger partial charge on any atom is -0.396 e. The molecule has 0 aromatic carbocycles. The summed E-state index contributed by atoms with van der Waals surface area (Å²) in [6, 6.07) is 0. The van der Waals surface area contributed by atoms with Gasteiger partial charge in [-0.3, -0.25) is 4.39 Å². The standard InChI is InChI=1S/C11H22FNO2/c12-4-2-1-3-5-13-6-10(8-14)11(7-13)9-15/h10-11,14-15H,1-9H2/t10-,11-/m0/s1. The van der Waals surface area contributed by atoms with Gasteiger partial charge in [-0.15, -0.1) is 0 Å². The highest BCUT2D eigenvalue weighted by Gasteiger charge is 2.30. The zero-order chi connectivity index (χ0) is 11.1. The van der Waals surface area contributed by atoms with Crippen LogP contribution in [0.1, 0.15) is 19.3 Å². The molecule has 1 aliphatic heterocycles. The van der Waals surface area contributed by atoms with Crippen molar-refractivity contribution in [3.63, 3.8) is 0 Å². The fraction of sp³-hybridized carbons (Fsp3) is 1.00. The molecule has 1 aliphatic rings. The van der Waals surface area contributed by atoms with Gasteiger partial charge in [-0.2, -0.15) is 0 Å². The van der Waals surface area contributed by atoms with E-state index in [1.165, 1.54) is 0 Å². The Balaban J connectivity index is 2.16. The molecule has 0 spiro atoms. The summed E-state index contributed by atoms with van der Waals surface area (Å²) < 4.78 is 11.8. The molecule has 1 rings (SSSR count). The maximum Gasteiger partial charge on any atom is 0.0894 e. The molecule has 3 nitrogen and oxygen atoms in total. The summed E-state index contributed by atoms with van der Waals surface area (Å²) in [7, 11) is 0. The summed E-state index contributed by atoms with van der Waals surface area (Å²) in [5, 5.41) is 18.2. The summed E-state index contributed by atoms with van der Waals surface area (Å²) in [6.45, 7) is 2.80. The topological polar surface area (TPSA) is 43.7 Å². The number of halogens is 1. The monoisotopic (exact) mass is 219 g/mol. The lowest BCUT2D eigenvalue weighted by Gasteiger charge is -2.14. The number of hydrogen-bond acceptors (Lipinski definition) is 3. The van der Waals surface area contributed by atoms with Gasteiger partial charge < -0.3 is 15.1 Å². The fourth-order valence-corrected chi connectivity index (χ4v) is 2.24. The highest BCUT2D eigenvalue weighted by molar-refractivity contribution is 4.82. The quantitative estimate of drug-likeness (QED) is 0.618. The molecular formula is C11H22FNO2. The smallest absolute Gasteiger partial charge is 0.0894 e. The summed E-state index contributed by atoms with van der Waals surface area (Å²) >= 11 is 0. The van der Waals surface area contributed by atoms with Crippen LogP contribution < -0.4 is 0 Å². The van der Waals surface area contributed by atoms with E-state index < -0.39 is 0 Å². The molecule has 1 saturated heterocycles. The summed E-state index contributed by atoms with van der Waals surface area (Å²) in [5.74, 6) is 0.437. The molecule has 0 radical (unpaired) electrons. The minimum atomic E-state index is -0.224. The van der Waals surface area contributed by atoms with E-state index in [1.807, 2.05) is 0 Å². The Morgan fingerprint density at radius 2 is 1.60 bits per heavy atom. The van der Waals surface area contributed by atoms with Crippen molar-refractivity contribution in [3.05, 3.63) is 0 Å². The fourth-order valence-electron chi connectivity index (χ4n) is 2.24. The van der Waals surface area contributed by atoms with Gasteiger partial charge in [-0.05, 0) is 25.8 Å². The van der Waals surface area contributed by atoms with E-state index in [0.29, 0.717) is 6.42 Å². The molecule has 0 aromatic rings. The molecule has 0 saturated carbocycles. The molecule has 0 aliphatic carbocycles. The van der Waals surface area contributed by atoms with E-state index in [9.17, 15) is 4.39 Å². The van der Waals surface area contributed by atoms with Crippen LogP contribution in [0, 0.1) is 11.8 Å². The lowest BCUT2D eigenvalue weighted by Crippen LogP contribution is -2.22. The van der Waals surface area contributed by atoms with Gasteiger partial charge in [0.1, 0.15) is 0 Å². The number of nitrogens with zero attached hydrogens (tertiary/aromatic N) is 1. The molecule has 1 fully saturated rings. The number of alkyl halides is 1. The molecule has 0 bridgehead atoms. The predicted octanol–water partition coefficient (Wildman–Crippen LogP) is 0.659. The highest BCUT2D eigenvalue weighted by Crippen LogP contribution is 2.22. The average Bonchev–Trinajstić information content (AvgIpc) is 2.67. The number of rotatable bonds is 7. The van der Waals surface area contributed by atoms with Crippen LogP contribution in [0.5, 0.6) is 0 Å². The van der Waals surface area contributed by atoms with Crippen molar-refractivity contribution in [3.8, 4) is 0 Å². The van der Waals surface area contributed by atoms with Crippen LogP contribution >= 0.6 is 0 Å². The maximum atomic E-state index is 11.8. The van der Waals surface area contributed by atoms with E-state index in [4.69, 9.17) is 10.2 Å². The zero-order valence-electron chi connectivity index (χ0n) is 9.24. The first-order valence-electron chi connectivity index (χ1n) is 5.81. The van der Waals surface area contributed by atoms with Crippen LogP contribution in [0.25, 0.3) is 0 Å². The van der Waals surface area contributed by atoms with Crippen LogP contribution in [-0.4, -0.2) is 54.6 Å². The second kappa shape index (κ2) is 7.14. The Morgan fingerprint density at radius 1 is 1.00 bits per heavy atom. The number of unbranched alkanes of at least 4 members (excludes halogenated alkanes) is 2. The number of aliphatic hydroxyl groups excluding tert-OH is 2. The maximum absolute atomic E-state index is 11.8. The van der Waals surface area contributed by atoms with Crippen LogP contribution in [0.15, 0.2) is 0 Å². The molecule has 15 heavy (non-hydrogen) atoms. The lowest BCUT2D eigenvalue weighted by atomic mass is 9.98. The molecule has 1 heterocycles. The highest BCUT2D eigenvalue weighted by atomic mass is 19.1. The van der Waals surface area contributed by atoms with Crippen molar-refractivity contribution in [1.29, 1.82) is 0 Å². The first-order chi connectivity index (χ1) is 7.31. The van der Waals surface area contributed by atoms with E-state index in [0.717, 1.165) is 32.5 Å². The summed E-state index contributed by atoms with van der Waals surface area (Å²) in [6.07, 6.45) is 2.60. The van der Waals surface area contributed by atoms with Crippen LogP contribution in [-0.2, 0) is 0 Å². The Kier molecular flexibility index (Phi) is 6.13. The third-order valence-corrected chi connectivity index (χ3v) is 3.23. The SMILES string of the molecule is OC[C@@H]1CN(CCCCCF)C[C@H]1CO. The van der Waals surface area contributed by atoms with Crippen LogP contribution in [0.3, 0.4) is 0 Å². The molecule has 90 valence electrons. The molecule has 0 unspecified atom stereocenters. The molecule has 2 atom stereocenters. The Hall–Kier alpha value is -0.190. The normalized spacial score (nSPS) is 27.4. The van der Waals surface area contributed by atoms with Gasteiger partial charge in [0.2, 0.25) is 0 Å². The number of hydrogen-bond donors (Lipinski definition) is 2. The Bertz CT molecular complexity index is 157. The third kappa shape index (κ3) is 4.05. The predicted molar refractivity (Wildman–Crippen MR) is 57.4 cm³/mol. The third-order valence-electron chi connectivity index (χ3n) is 3.23. The van der Waals surface area contributed by atoms with Crippen molar-refractivity contribution in [1.82, 2.24) is 4.90 Å². The van der Waals surface area contributed by atoms with Crippen molar-refractivity contribution in [2.24, 2.45) is 11.8 Å². The van der Waals surface area contributed by atoms with Gasteiger partial charge >= 0.3 is 0 Å². The molecule has 2 N–H and O–H groups in total. The largest absolute Gasteiger partial charge is 0.396 e. The van der Waals surface area contributed by atoms with E-state index >= 15 is 0 Å². The average molecular weight is 219 g/mol. The van der Waals surface area contributed by atoms with Crippen molar-refractivity contribution in [2.75, 3.05) is 39.5 Å². The molecular weight excluding hydrogens is 197 g/mol. The minimum absolute atomic E-state index is 0.159. The zero-order valence-corrected chi connectivity index (χ0v) is 9.24. The van der Waals surface area contributed by atoms with Gasteiger partial charge in [0.25, 0.3) is 0 Å². The van der Waals surface area contributed by atoms with Crippen LogP contribution in [0.4, 0.5) is 4.39 Å². The second-order valence-corrected chi connectivity index (χ2v) is 4.39.